The molecule has 1 amide bonds. The fraction of sp³-hybridized carbons (Fsp3) is 0.421. The molecule has 1 unspecified atom stereocenters. The van der Waals surface area contributed by atoms with Gasteiger partial charge >= 0.3 is 0 Å². The van der Waals surface area contributed by atoms with E-state index in [2.05, 4.69) is 27.5 Å². The van der Waals surface area contributed by atoms with Crippen molar-refractivity contribution in [3.05, 3.63) is 46.4 Å². The summed E-state index contributed by atoms with van der Waals surface area (Å²) < 4.78 is 0. The van der Waals surface area contributed by atoms with Gasteiger partial charge in [-0.2, -0.15) is 0 Å². The zero-order valence-corrected chi connectivity index (χ0v) is 16.1. The number of rotatable bonds is 6. The molecule has 2 aromatic rings. The fourth-order valence-corrected chi connectivity index (χ4v) is 3.73. The highest BCUT2D eigenvalue weighted by Gasteiger charge is 2.30. The van der Waals surface area contributed by atoms with Crippen LogP contribution in [0.1, 0.15) is 23.2 Å². The summed E-state index contributed by atoms with van der Waals surface area (Å²) in [6, 6.07) is 9.86. The number of nitrogens with one attached hydrogen (secondary N) is 2. The molecule has 0 radical (unpaired) electrons. The number of amides is 1. The van der Waals surface area contributed by atoms with Crippen LogP contribution in [0, 0.1) is 6.92 Å². The number of aliphatic imine (C=N–C) groups is 1. The van der Waals surface area contributed by atoms with Gasteiger partial charge in [-0.3, -0.25) is 9.79 Å². The van der Waals surface area contributed by atoms with Crippen molar-refractivity contribution in [2.24, 2.45) is 4.99 Å². The van der Waals surface area contributed by atoms with Crippen molar-refractivity contribution in [3.8, 4) is 0 Å². The van der Waals surface area contributed by atoms with E-state index < -0.39 is 0 Å². The predicted molar refractivity (Wildman–Crippen MR) is 107 cm³/mol. The molecule has 1 aromatic carbocycles. The molecule has 2 N–H and O–H groups in total. The van der Waals surface area contributed by atoms with Crippen LogP contribution in [0.4, 0.5) is 5.69 Å². The lowest BCUT2D eigenvalue weighted by molar-refractivity contribution is -0.117. The fourth-order valence-electron chi connectivity index (χ4n) is 2.96. The van der Waals surface area contributed by atoms with Crippen LogP contribution in [-0.2, 0) is 11.2 Å². The van der Waals surface area contributed by atoms with Crippen LogP contribution in [-0.4, -0.2) is 42.5 Å². The third-order valence-corrected chi connectivity index (χ3v) is 5.12. The number of anilines is 1. The largest absolute Gasteiger partial charge is 0.357 e. The van der Waals surface area contributed by atoms with Gasteiger partial charge in [-0.05, 0) is 26.0 Å². The molecule has 3 rings (SSSR count). The first-order valence-electron chi connectivity index (χ1n) is 8.97. The summed E-state index contributed by atoms with van der Waals surface area (Å²) in [6.45, 7) is 6.21. The molecule has 1 atom stereocenters. The normalized spacial score (nSPS) is 17.6. The van der Waals surface area contributed by atoms with E-state index in [-0.39, 0.29) is 11.9 Å². The highest BCUT2D eigenvalue weighted by atomic mass is 32.1. The SMILES string of the molecule is CCNC(=NCCc1ncc(C)s1)NC1CC(=O)N(c2ccccc2)C1. The van der Waals surface area contributed by atoms with Crippen LogP contribution in [0.5, 0.6) is 0 Å². The highest BCUT2D eigenvalue weighted by molar-refractivity contribution is 7.11. The molecule has 26 heavy (non-hydrogen) atoms. The van der Waals surface area contributed by atoms with E-state index >= 15 is 0 Å². The smallest absolute Gasteiger partial charge is 0.229 e. The van der Waals surface area contributed by atoms with E-state index in [0.29, 0.717) is 19.5 Å². The van der Waals surface area contributed by atoms with E-state index in [9.17, 15) is 4.79 Å². The molecule has 1 aliphatic heterocycles. The second-order valence-corrected chi connectivity index (χ2v) is 7.58. The highest BCUT2D eigenvalue weighted by Crippen LogP contribution is 2.21. The van der Waals surface area contributed by atoms with Crippen molar-refractivity contribution >= 4 is 28.9 Å². The summed E-state index contributed by atoms with van der Waals surface area (Å²) in [5.41, 5.74) is 0.947. The first-order valence-corrected chi connectivity index (χ1v) is 9.79. The van der Waals surface area contributed by atoms with Crippen molar-refractivity contribution in [1.29, 1.82) is 0 Å². The Bertz CT molecular complexity index is 758. The maximum atomic E-state index is 12.3. The summed E-state index contributed by atoms with van der Waals surface area (Å²) in [5.74, 6) is 0.899. The minimum absolute atomic E-state index is 0.0580. The summed E-state index contributed by atoms with van der Waals surface area (Å²) in [5, 5.41) is 7.77. The topological polar surface area (TPSA) is 69.6 Å². The summed E-state index contributed by atoms with van der Waals surface area (Å²) in [4.78, 5) is 24.4. The zero-order valence-electron chi connectivity index (χ0n) is 15.2. The monoisotopic (exact) mass is 371 g/mol. The Morgan fingerprint density at radius 3 is 2.88 bits per heavy atom. The van der Waals surface area contributed by atoms with Crippen LogP contribution < -0.4 is 15.5 Å². The number of guanidine groups is 1. The summed E-state index contributed by atoms with van der Waals surface area (Å²) >= 11 is 1.71. The number of para-hydroxylation sites is 1. The average Bonchev–Trinajstić information content (AvgIpc) is 3.21. The lowest BCUT2D eigenvalue weighted by Gasteiger charge is -2.19. The minimum Gasteiger partial charge on any atom is -0.357 e. The Balaban J connectivity index is 1.57. The Morgan fingerprint density at radius 1 is 1.38 bits per heavy atom. The van der Waals surface area contributed by atoms with Crippen LogP contribution in [0.15, 0.2) is 41.5 Å². The third kappa shape index (κ3) is 4.82. The Hall–Kier alpha value is -2.41. The first-order chi connectivity index (χ1) is 12.7. The van der Waals surface area contributed by atoms with E-state index in [1.165, 1.54) is 4.88 Å². The van der Waals surface area contributed by atoms with E-state index in [4.69, 9.17) is 0 Å². The number of carbonyl (C=O) groups is 1. The van der Waals surface area contributed by atoms with Gasteiger partial charge in [-0.25, -0.2) is 4.98 Å². The molecule has 0 bridgehead atoms. The van der Waals surface area contributed by atoms with Gasteiger partial charge in [0.15, 0.2) is 5.96 Å². The molecule has 1 aliphatic rings. The van der Waals surface area contributed by atoms with Gasteiger partial charge in [0.25, 0.3) is 0 Å². The number of thiazole rings is 1. The molecule has 138 valence electrons. The maximum absolute atomic E-state index is 12.3. The lowest BCUT2D eigenvalue weighted by Crippen LogP contribution is -2.44. The molecule has 1 fully saturated rings. The van der Waals surface area contributed by atoms with E-state index in [1.54, 1.807) is 11.3 Å². The average molecular weight is 372 g/mol. The van der Waals surface area contributed by atoms with Crippen LogP contribution in [0.2, 0.25) is 0 Å². The molecule has 6 nitrogen and oxygen atoms in total. The van der Waals surface area contributed by atoms with Gasteiger partial charge in [0, 0.05) is 49.2 Å². The number of benzene rings is 1. The Morgan fingerprint density at radius 2 is 2.19 bits per heavy atom. The van der Waals surface area contributed by atoms with Crippen LogP contribution in [0.25, 0.3) is 0 Å². The zero-order chi connectivity index (χ0) is 18.4. The molecule has 2 heterocycles. The van der Waals surface area contributed by atoms with Gasteiger partial charge in [0.1, 0.15) is 0 Å². The molecule has 0 saturated carbocycles. The minimum atomic E-state index is 0.0580. The number of nitrogens with zero attached hydrogens (tertiary/aromatic N) is 3. The molecular formula is C19H25N5OS. The number of carbonyl (C=O) groups excluding carboxylic acids is 1. The van der Waals surface area contributed by atoms with Gasteiger partial charge in [0.05, 0.1) is 11.0 Å². The molecule has 7 heteroatoms. The van der Waals surface area contributed by atoms with Gasteiger partial charge in [-0.1, -0.05) is 18.2 Å². The first kappa shape index (κ1) is 18.4. The molecular weight excluding hydrogens is 346 g/mol. The van der Waals surface area contributed by atoms with E-state index in [0.717, 1.165) is 29.6 Å². The van der Waals surface area contributed by atoms with Crippen LogP contribution >= 0.6 is 11.3 Å². The second kappa shape index (κ2) is 8.80. The van der Waals surface area contributed by atoms with E-state index in [1.807, 2.05) is 48.4 Å². The summed E-state index contributed by atoms with van der Waals surface area (Å²) in [7, 11) is 0. The van der Waals surface area contributed by atoms with Crippen LogP contribution in [0.3, 0.4) is 0 Å². The second-order valence-electron chi connectivity index (χ2n) is 6.26. The standard InChI is InChI=1S/C19H25N5OS/c1-3-20-19(21-10-9-17-22-12-14(2)26-17)23-15-11-18(25)24(13-15)16-7-5-4-6-8-16/h4-8,12,15H,3,9-11,13H2,1-2H3,(H2,20,21,23). The van der Waals surface area contributed by atoms with Gasteiger partial charge < -0.3 is 15.5 Å². The number of aromatic nitrogens is 1. The van der Waals surface area contributed by atoms with Crippen molar-refractivity contribution in [1.82, 2.24) is 15.6 Å². The molecule has 1 saturated heterocycles. The van der Waals surface area contributed by atoms with Gasteiger partial charge in [-0.15, -0.1) is 11.3 Å². The maximum Gasteiger partial charge on any atom is 0.229 e. The summed E-state index contributed by atoms with van der Waals surface area (Å²) in [6.07, 6.45) is 3.20. The number of hydrogen-bond acceptors (Lipinski definition) is 4. The Labute approximate surface area is 158 Å². The van der Waals surface area contributed by atoms with Gasteiger partial charge in [0.2, 0.25) is 5.91 Å². The number of aryl methyl sites for hydroxylation is 1. The Kier molecular flexibility index (Phi) is 6.22. The third-order valence-electron chi connectivity index (χ3n) is 4.14. The van der Waals surface area contributed by atoms with Crippen molar-refractivity contribution < 1.29 is 4.79 Å². The molecule has 0 aliphatic carbocycles. The molecule has 0 spiro atoms. The molecule has 1 aromatic heterocycles. The van der Waals surface area contributed by atoms with Crippen molar-refractivity contribution in [3.63, 3.8) is 0 Å². The quantitative estimate of drug-likeness (QED) is 0.604. The van der Waals surface area contributed by atoms with Crippen molar-refractivity contribution in [2.75, 3.05) is 24.5 Å². The lowest BCUT2D eigenvalue weighted by atomic mass is 10.2. The number of hydrogen-bond donors (Lipinski definition) is 2. The predicted octanol–water partition coefficient (Wildman–Crippen LogP) is 2.35. The van der Waals surface area contributed by atoms with Crippen molar-refractivity contribution in [2.45, 2.75) is 32.7 Å².